The molecule has 2 heterocycles. The van der Waals surface area contributed by atoms with Crippen molar-refractivity contribution in [3.05, 3.63) is 0 Å². The number of aliphatic hydroxyl groups excluding tert-OH is 1. The minimum absolute atomic E-state index is 0.858. The average molecular weight is 644 g/mol. The molecule has 0 radical (unpaired) electrons. The molecule has 0 amide bonds. The highest BCUT2D eigenvalue weighted by Crippen LogP contribution is 2.30. The van der Waals surface area contributed by atoms with Crippen LogP contribution in [-0.2, 0) is 73.1 Å². The van der Waals surface area contributed by atoms with Gasteiger partial charge in [0.1, 0.15) is 30.5 Å². The summed E-state index contributed by atoms with van der Waals surface area (Å²) in [6.07, 6.45) is -15.8. The van der Waals surface area contributed by atoms with Crippen LogP contribution in [-0.4, -0.2) is 130 Å². The number of aliphatic hydroxyl groups is 1. The van der Waals surface area contributed by atoms with Gasteiger partial charge >= 0.3 is 47.5 Å². The van der Waals surface area contributed by atoms with Crippen molar-refractivity contribution in [1.82, 2.24) is 4.72 Å². The van der Waals surface area contributed by atoms with Crippen LogP contribution in [0.2, 0.25) is 0 Å². The van der Waals surface area contributed by atoms with E-state index in [0.29, 0.717) is 0 Å². The van der Waals surface area contributed by atoms with Gasteiger partial charge in [-0.25, -0.2) is 17.3 Å². The zero-order valence-electron chi connectivity index (χ0n) is 18.2. The van der Waals surface area contributed by atoms with Crippen molar-refractivity contribution in [2.45, 2.75) is 55.4 Å². The fraction of sp³-hybridized carbons (Fsp3) is 0.917. The van der Waals surface area contributed by atoms with Crippen molar-refractivity contribution in [1.29, 1.82) is 0 Å². The Morgan fingerprint density at radius 1 is 0.895 bits per heavy atom. The third-order valence-electron chi connectivity index (χ3n) is 4.68. The fourth-order valence-corrected chi connectivity index (χ4v) is 5.32. The van der Waals surface area contributed by atoms with Gasteiger partial charge in [0, 0.05) is 6.42 Å². The SMILES string of the molecule is O=C(O)C1OCC(OS(=O)(=O)O)[C@H](O)[C@H]1O[C@@H]1OC(COS(=O)(=O)O)C[C@H](OS(=O)(=O)O)C1NS(=O)(=O)O. The molecule has 38 heavy (non-hydrogen) atoms. The van der Waals surface area contributed by atoms with Crippen molar-refractivity contribution < 1.29 is 93.6 Å². The van der Waals surface area contributed by atoms with E-state index in [9.17, 15) is 53.2 Å². The lowest BCUT2D eigenvalue weighted by Gasteiger charge is -2.44. The van der Waals surface area contributed by atoms with Crippen LogP contribution in [0.3, 0.4) is 0 Å². The molecule has 8 atom stereocenters. The summed E-state index contributed by atoms with van der Waals surface area (Å²) < 4.78 is 155. The summed E-state index contributed by atoms with van der Waals surface area (Å²) in [5.41, 5.74) is 0. The van der Waals surface area contributed by atoms with Crippen LogP contribution in [0, 0.1) is 0 Å². The average Bonchev–Trinajstić information content (AvgIpc) is 2.68. The van der Waals surface area contributed by atoms with Gasteiger partial charge in [-0.05, 0) is 0 Å². The van der Waals surface area contributed by atoms with E-state index in [0.717, 1.165) is 0 Å². The summed E-state index contributed by atoms with van der Waals surface area (Å²) in [6.45, 7) is -2.08. The molecule has 0 aromatic carbocycles. The lowest BCUT2D eigenvalue weighted by atomic mass is 9.98. The van der Waals surface area contributed by atoms with E-state index in [1.165, 1.54) is 4.72 Å². The second kappa shape index (κ2) is 12.1. The van der Waals surface area contributed by atoms with E-state index < -0.39 is 116 Å². The van der Waals surface area contributed by atoms with Gasteiger partial charge in [0.25, 0.3) is 0 Å². The maximum absolute atomic E-state index is 11.6. The zero-order valence-corrected chi connectivity index (χ0v) is 21.4. The Morgan fingerprint density at radius 2 is 1.45 bits per heavy atom. The molecule has 0 bridgehead atoms. The van der Waals surface area contributed by atoms with Crippen molar-refractivity contribution >= 4 is 47.5 Å². The minimum Gasteiger partial charge on any atom is -0.479 e. The number of carboxylic acids is 1. The van der Waals surface area contributed by atoms with Crippen molar-refractivity contribution in [3.8, 4) is 0 Å². The lowest BCUT2D eigenvalue weighted by molar-refractivity contribution is -0.290. The first-order valence-electron chi connectivity index (χ1n) is 9.56. The number of hydrogen-bond acceptors (Lipinski definition) is 16. The second-order valence-electron chi connectivity index (χ2n) is 7.50. The Bertz CT molecular complexity index is 1280. The first-order valence-corrected chi connectivity index (χ1v) is 15.1. The van der Waals surface area contributed by atoms with Gasteiger partial charge in [0.2, 0.25) is 0 Å². The minimum atomic E-state index is -5.42. The van der Waals surface area contributed by atoms with Crippen molar-refractivity contribution in [3.63, 3.8) is 0 Å². The van der Waals surface area contributed by atoms with Gasteiger partial charge in [-0.3, -0.25) is 18.2 Å². The molecule has 0 spiro atoms. The van der Waals surface area contributed by atoms with Gasteiger partial charge in [0.15, 0.2) is 12.4 Å². The highest BCUT2D eigenvalue weighted by molar-refractivity contribution is 7.83. The number of carboxylic acid groups (broad SMARTS) is 1. The number of rotatable bonds is 12. The number of aliphatic carboxylic acids is 1. The molecule has 0 saturated carbocycles. The van der Waals surface area contributed by atoms with E-state index in [1.807, 2.05) is 0 Å². The highest BCUT2D eigenvalue weighted by Gasteiger charge is 2.51. The number of hydrogen-bond donors (Lipinski definition) is 7. The predicted molar refractivity (Wildman–Crippen MR) is 110 cm³/mol. The lowest BCUT2D eigenvalue weighted by Crippen LogP contribution is -2.64. The topological polar surface area (TPSA) is 342 Å². The summed E-state index contributed by atoms with van der Waals surface area (Å²) in [5.74, 6) is -1.86. The van der Waals surface area contributed by atoms with Crippen LogP contribution in [0.5, 0.6) is 0 Å². The first kappa shape index (κ1) is 33.0. The fourth-order valence-electron chi connectivity index (χ4n) is 3.40. The molecule has 0 aliphatic carbocycles. The molecule has 0 aromatic rings. The summed E-state index contributed by atoms with van der Waals surface area (Å²) in [4.78, 5) is 11.6. The number of ether oxygens (including phenoxy) is 3. The molecular formula is C12H21NO21S4. The molecule has 2 fully saturated rings. The quantitative estimate of drug-likeness (QED) is 0.0981. The van der Waals surface area contributed by atoms with E-state index in [1.54, 1.807) is 0 Å². The van der Waals surface area contributed by atoms with Gasteiger partial charge < -0.3 is 24.4 Å². The molecule has 2 aliphatic heterocycles. The molecular weight excluding hydrogens is 622 g/mol. The smallest absolute Gasteiger partial charge is 0.397 e. The summed E-state index contributed by atoms with van der Waals surface area (Å²) in [7, 11) is -21.1. The van der Waals surface area contributed by atoms with Crippen LogP contribution in [0.1, 0.15) is 6.42 Å². The Balaban J connectivity index is 2.49. The molecule has 2 saturated heterocycles. The number of carbonyl (C=O) groups is 1. The Kier molecular flexibility index (Phi) is 10.5. The van der Waals surface area contributed by atoms with Gasteiger partial charge in [0.05, 0.1) is 19.3 Å². The van der Waals surface area contributed by atoms with Crippen molar-refractivity contribution in [2.75, 3.05) is 13.2 Å². The van der Waals surface area contributed by atoms with Gasteiger partial charge in [-0.15, -0.1) is 0 Å². The number of nitrogens with one attached hydrogen (secondary N) is 1. The largest absolute Gasteiger partial charge is 0.479 e. The van der Waals surface area contributed by atoms with Crippen LogP contribution in [0.4, 0.5) is 0 Å². The molecule has 0 aromatic heterocycles. The van der Waals surface area contributed by atoms with Gasteiger partial charge in [-0.2, -0.15) is 38.4 Å². The van der Waals surface area contributed by atoms with Gasteiger partial charge in [-0.1, -0.05) is 0 Å². The van der Waals surface area contributed by atoms with Crippen LogP contribution < -0.4 is 4.72 Å². The molecule has 26 heteroatoms. The van der Waals surface area contributed by atoms with E-state index in [2.05, 4.69) is 12.5 Å². The third-order valence-corrected chi connectivity index (χ3v) is 6.67. The third kappa shape index (κ3) is 10.7. The molecule has 2 rings (SSSR count). The maximum atomic E-state index is 11.6. The summed E-state index contributed by atoms with van der Waals surface area (Å²) in [6, 6.07) is -2.22. The van der Waals surface area contributed by atoms with E-state index >= 15 is 0 Å². The predicted octanol–water partition coefficient (Wildman–Crippen LogP) is -4.71. The Morgan fingerprint density at radius 3 is 1.92 bits per heavy atom. The Labute approximate surface area is 214 Å². The summed E-state index contributed by atoms with van der Waals surface area (Å²) >= 11 is 0. The zero-order chi connectivity index (χ0) is 29.3. The first-order chi connectivity index (χ1) is 17.0. The molecule has 22 nitrogen and oxygen atoms in total. The maximum Gasteiger partial charge on any atom is 0.397 e. The molecule has 7 N–H and O–H groups in total. The monoisotopic (exact) mass is 643 g/mol. The summed E-state index contributed by atoms with van der Waals surface area (Å²) in [5, 5.41) is 19.9. The Hall–Kier alpha value is -1.21. The van der Waals surface area contributed by atoms with E-state index in [-0.39, 0.29) is 0 Å². The normalized spacial score (nSPS) is 33.6. The molecule has 2 aliphatic rings. The van der Waals surface area contributed by atoms with Crippen LogP contribution >= 0.6 is 0 Å². The van der Waals surface area contributed by atoms with E-state index in [4.69, 9.17) is 27.9 Å². The molecule has 224 valence electrons. The second-order valence-corrected chi connectivity index (χ2v) is 11.9. The van der Waals surface area contributed by atoms with Crippen LogP contribution in [0.15, 0.2) is 0 Å². The standard InChI is InChI=1S/C12H21NO21S4/c14-8-6(34-38(26,27)28)3-29-10(11(15)16)9(8)32-12-7(13-35(17,18)19)5(33-37(23,24)25)1-4(31-12)2-30-36(20,21)22/h4-10,12-14H,1-3H2,(H,15,16)(H,17,18,19)(H,20,21,22)(H,23,24,25)(H,26,27,28)/t4?,5-,6?,7?,8-,9+,10?,12-/m0/s1. The van der Waals surface area contributed by atoms with Crippen LogP contribution in [0.25, 0.3) is 0 Å². The highest BCUT2D eigenvalue weighted by atomic mass is 32.3. The molecule has 4 unspecified atom stereocenters. The van der Waals surface area contributed by atoms with Crippen molar-refractivity contribution in [2.24, 2.45) is 0 Å².